The van der Waals surface area contributed by atoms with Crippen LogP contribution < -0.4 is 10.6 Å². The first-order chi connectivity index (χ1) is 10.7. The van der Waals surface area contributed by atoms with Crippen LogP contribution in [0.4, 0.5) is 17.6 Å². The second-order valence-corrected chi connectivity index (χ2v) is 6.62. The molecule has 0 aromatic heterocycles. The Morgan fingerprint density at radius 2 is 1.78 bits per heavy atom. The molecule has 0 fully saturated rings. The number of sulfone groups is 1. The van der Waals surface area contributed by atoms with Gasteiger partial charge in [-0.05, 0) is 12.1 Å². The van der Waals surface area contributed by atoms with E-state index in [0.29, 0.717) is 0 Å². The summed E-state index contributed by atoms with van der Waals surface area (Å²) in [5.41, 5.74) is 0. The number of guanidine groups is 1. The van der Waals surface area contributed by atoms with Crippen LogP contribution in [-0.4, -0.2) is 46.4 Å². The van der Waals surface area contributed by atoms with Crippen LogP contribution >= 0.6 is 0 Å². The van der Waals surface area contributed by atoms with Gasteiger partial charge in [0.15, 0.2) is 15.8 Å². The van der Waals surface area contributed by atoms with E-state index in [-0.39, 0.29) is 19.0 Å². The minimum atomic E-state index is -4.29. The van der Waals surface area contributed by atoms with Crippen LogP contribution in [0.15, 0.2) is 34.2 Å². The zero-order valence-electron chi connectivity index (χ0n) is 12.3. The van der Waals surface area contributed by atoms with E-state index in [1.54, 1.807) is 0 Å². The maximum atomic E-state index is 13.5. The number of nitrogens with zero attached hydrogens (tertiary/aromatic N) is 1. The van der Waals surface area contributed by atoms with Gasteiger partial charge in [0.2, 0.25) is 0 Å². The summed E-state index contributed by atoms with van der Waals surface area (Å²) in [6.45, 7) is -0.508. The molecule has 130 valence electrons. The number of rotatable bonds is 6. The molecule has 2 N–H and O–H groups in total. The van der Waals surface area contributed by atoms with Gasteiger partial charge in [-0.25, -0.2) is 12.8 Å². The lowest BCUT2D eigenvalue weighted by Crippen LogP contribution is -2.40. The van der Waals surface area contributed by atoms with Crippen LogP contribution in [-0.2, 0) is 9.84 Å². The fourth-order valence-corrected chi connectivity index (χ4v) is 2.90. The Labute approximate surface area is 131 Å². The van der Waals surface area contributed by atoms with Gasteiger partial charge < -0.3 is 10.6 Å². The van der Waals surface area contributed by atoms with Crippen LogP contribution in [0.5, 0.6) is 0 Å². The molecule has 0 aliphatic carbocycles. The van der Waals surface area contributed by atoms with E-state index in [1.807, 2.05) is 0 Å². The Morgan fingerprint density at radius 1 is 1.17 bits per heavy atom. The lowest BCUT2D eigenvalue weighted by molar-refractivity contribution is -0.132. The van der Waals surface area contributed by atoms with E-state index in [1.165, 1.54) is 19.2 Å². The first-order valence-electron chi connectivity index (χ1n) is 6.64. The smallest absolute Gasteiger partial charge is 0.356 e. The molecular weight excluding hydrogens is 338 g/mol. The molecule has 5 nitrogen and oxygen atoms in total. The van der Waals surface area contributed by atoms with Gasteiger partial charge in [0, 0.05) is 20.1 Å². The number of nitrogens with one attached hydrogen (secondary N) is 2. The van der Waals surface area contributed by atoms with E-state index >= 15 is 0 Å². The molecule has 0 aliphatic heterocycles. The molecular formula is C13H17F4N3O2S. The average molecular weight is 355 g/mol. The molecule has 23 heavy (non-hydrogen) atoms. The lowest BCUT2D eigenvalue weighted by atomic mass is 10.3. The molecule has 1 aromatic rings. The number of benzene rings is 1. The van der Waals surface area contributed by atoms with Crippen molar-refractivity contribution < 1.29 is 26.0 Å². The first-order valence-corrected chi connectivity index (χ1v) is 8.29. The second kappa shape index (κ2) is 8.14. The standard InChI is InChI=1S/C13H17F4N3O2S/c1-18-12(19-7-6-13(15,16)17)20-8-9-23(21,22)11-5-3-2-4-10(11)14/h2-5H,6-9H2,1H3,(H2,18,19,20). The van der Waals surface area contributed by atoms with Crippen molar-refractivity contribution in [2.45, 2.75) is 17.5 Å². The third kappa shape index (κ3) is 6.85. The van der Waals surface area contributed by atoms with Crippen LogP contribution in [0.1, 0.15) is 6.42 Å². The summed E-state index contributed by atoms with van der Waals surface area (Å²) < 4.78 is 73.5. The van der Waals surface area contributed by atoms with Gasteiger partial charge in [-0.1, -0.05) is 12.1 Å². The first kappa shape index (κ1) is 19.2. The summed E-state index contributed by atoms with van der Waals surface area (Å²) in [7, 11) is -2.50. The van der Waals surface area contributed by atoms with Crippen LogP contribution in [0.25, 0.3) is 0 Å². The highest BCUT2D eigenvalue weighted by atomic mass is 32.2. The molecule has 1 aromatic carbocycles. The molecule has 0 atom stereocenters. The largest absolute Gasteiger partial charge is 0.390 e. The van der Waals surface area contributed by atoms with Gasteiger partial charge in [-0.15, -0.1) is 0 Å². The Kier molecular flexibility index (Phi) is 6.79. The molecule has 0 spiro atoms. The normalized spacial score (nSPS) is 13.0. The summed E-state index contributed by atoms with van der Waals surface area (Å²) in [5.74, 6) is -1.23. The van der Waals surface area contributed by atoms with Gasteiger partial charge in [0.1, 0.15) is 10.7 Å². The molecule has 10 heteroatoms. The van der Waals surface area contributed by atoms with Crippen molar-refractivity contribution in [3.8, 4) is 0 Å². The van der Waals surface area contributed by atoms with Gasteiger partial charge in [-0.3, -0.25) is 4.99 Å². The number of aliphatic imine (C=N–C) groups is 1. The van der Waals surface area contributed by atoms with Crippen molar-refractivity contribution >= 4 is 15.8 Å². The van der Waals surface area contributed by atoms with Gasteiger partial charge >= 0.3 is 6.18 Å². The number of halogens is 4. The van der Waals surface area contributed by atoms with Crippen molar-refractivity contribution in [2.75, 3.05) is 25.9 Å². The summed E-state index contributed by atoms with van der Waals surface area (Å²) in [4.78, 5) is 3.26. The molecule has 0 radical (unpaired) electrons. The predicted octanol–water partition coefficient (Wildman–Crippen LogP) is 1.72. The van der Waals surface area contributed by atoms with Gasteiger partial charge in [0.25, 0.3) is 0 Å². The van der Waals surface area contributed by atoms with E-state index in [0.717, 1.165) is 12.1 Å². The average Bonchev–Trinajstić information content (AvgIpc) is 2.44. The molecule has 0 unspecified atom stereocenters. The zero-order chi connectivity index (χ0) is 17.5. The van der Waals surface area contributed by atoms with E-state index in [9.17, 15) is 26.0 Å². The maximum absolute atomic E-state index is 13.5. The molecule has 0 bridgehead atoms. The Morgan fingerprint density at radius 3 is 2.35 bits per heavy atom. The van der Waals surface area contributed by atoms with Crippen LogP contribution in [0.3, 0.4) is 0 Å². The highest BCUT2D eigenvalue weighted by Crippen LogP contribution is 2.18. The minimum Gasteiger partial charge on any atom is -0.356 e. The molecule has 0 heterocycles. The van der Waals surface area contributed by atoms with Crippen molar-refractivity contribution in [1.82, 2.24) is 10.6 Å². The van der Waals surface area contributed by atoms with Crippen LogP contribution in [0.2, 0.25) is 0 Å². The van der Waals surface area contributed by atoms with E-state index in [2.05, 4.69) is 15.6 Å². The maximum Gasteiger partial charge on any atom is 0.390 e. The summed E-state index contributed by atoms with van der Waals surface area (Å²) in [6.07, 6.45) is -5.33. The predicted molar refractivity (Wildman–Crippen MR) is 78.5 cm³/mol. The Balaban J connectivity index is 2.50. The van der Waals surface area contributed by atoms with Crippen molar-refractivity contribution in [1.29, 1.82) is 0 Å². The lowest BCUT2D eigenvalue weighted by Gasteiger charge is -2.13. The highest BCUT2D eigenvalue weighted by molar-refractivity contribution is 7.91. The monoisotopic (exact) mass is 355 g/mol. The number of hydrogen-bond acceptors (Lipinski definition) is 3. The SMILES string of the molecule is CN=C(NCCC(F)(F)F)NCCS(=O)(=O)c1ccccc1F. The molecule has 0 aliphatic rings. The summed E-state index contributed by atoms with van der Waals surface area (Å²) in [6, 6.07) is 4.97. The molecule has 0 saturated heterocycles. The Bertz CT molecular complexity index is 645. The number of alkyl halides is 3. The zero-order valence-corrected chi connectivity index (χ0v) is 13.1. The van der Waals surface area contributed by atoms with Crippen molar-refractivity contribution in [3.05, 3.63) is 30.1 Å². The second-order valence-electron chi connectivity index (χ2n) is 4.54. The molecule has 0 saturated carbocycles. The quantitative estimate of drug-likeness (QED) is 0.463. The third-order valence-electron chi connectivity index (χ3n) is 2.76. The van der Waals surface area contributed by atoms with Crippen molar-refractivity contribution in [2.24, 2.45) is 4.99 Å². The van der Waals surface area contributed by atoms with Crippen molar-refractivity contribution in [3.63, 3.8) is 0 Å². The third-order valence-corrected chi connectivity index (χ3v) is 4.50. The molecule has 1 rings (SSSR count). The fourth-order valence-electron chi connectivity index (χ4n) is 1.65. The van der Waals surface area contributed by atoms with E-state index < -0.39 is 38.9 Å². The van der Waals surface area contributed by atoms with E-state index in [4.69, 9.17) is 0 Å². The van der Waals surface area contributed by atoms with Gasteiger partial charge in [-0.2, -0.15) is 13.2 Å². The number of hydrogen-bond donors (Lipinski definition) is 2. The van der Waals surface area contributed by atoms with Crippen LogP contribution in [0, 0.1) is 5.82 Å². The topological polar surface area (TPSA) is 70.6 Å². The molecule has 0 amide bonds. The highest BCUT2D eigenvalue weighted by Gasteiger charge is 2.26. The van der Waals surface area contributed by atoms with Gasteiger partial charge in [0.05, 0.1) is 12.2 Å². The minimum absolute atomic E-state index is 0.0398. The summed E-state index contributed by atoms with van der Waals surface area (Å²) >= 11 is 0. The summed E-state index contributed by atoms with van der Waals surface area (Å²) in [5, 5.41) is 4.98. The fraction of sp³-hybridized carbons (Fsp3) is 0.462. The Hall–Kier alpha value is -1.84.